The first-order valence-corrected chi connectivity index (χ1v) is 12.3. The van der Waals surface area contributed by atoms with Crippen molar-refractivity contribution >= 4 is 40.4 Å². The minimum atomic E-state index is -0.356. The number of thiocarbonyl (C=S) groups is 1. The van der Waals surface area contributed by atoms with Crippen molar-refractivity contribution in [3.05, 3.63) is 102 Å². The third kappa shape index (κ3) is 4.22. The van der Waals surface area contributed by atoms with Crippen LogP contribution in [0, 0.1) is 5.82 Å². The molecule has 1 N–H and O–H groups in total. The highest BCUT2D eigenvalue weighted by Gasteiger charge is 2.34. The highest BCUT2D eigenvalue weighted by Crippen LogP contribution is 2.39. The third-order valence-corrected chi connectivity index (χ3v) is 6.73. The van der Waals surface area contributed by atoms with Gasteiger partial charge < -0.3 is 9.84 Å². The minimum Gasteiger partial charge on any atom is -0.351 e. The van der Waals surface area contributed by atoms with E-state index in [2.05, 4.69) is 39.7 Å². The van der Waals surface area contributed by atoms with Crippen LogP contribution in [-0.4, -0.2) is 21.5 Å². The highest BCUT2D eigenvalue weighted by molar-refractivity contribution is 7.98. The Morgan fingerprint density at radius 2 is 1.79 bits per heavy atom. The molecule has 34 heavy (non-hydrogen) atoms. The monoisotopic (exact) mass is 488 g/mol. The molecule has 1 aromatic heterocycles. The SMILES string of the molecule is CSc1ccc(C2NC(=S)N(c3ccccc3)C(C)=C2c2nc(-c3cccc(F)c3)no2)cc1. The predicted molar refractivity (Wildman–Crippen MR) is 138 cm³/mol. The molecule has 5 rings (SSSR count). The van der Waals surface area contributed by atoms with Crippen molar-refractivity contribution in [3.63, 3.8) is 0 Å². The lowest BCUT2D eigenvalue weighted by Gasteiger charge is -2.37. The van der Waals surface area contributed by atoms with Gasteiger partial charge in [0.1, 0.15) is 5.82 Å². The van der Waals surface area contributed by atoms with Crippen LogP contribution in [0.3, 0.4) is 0 Å². The molecule has 2 heterocycles. The van der Waals surface area contributed by atoms with Crippen LogP contribution in [0.1, 0.15) is 24.4 Å². The molecule has 0 saturated heterocycles. The van der Waals surface area contributed by atoms with E-state index in [4.69, 9.17) is 16.7 Å². The van der Waals surface area contributed by atoms with Crippen molar-refractivity contribution in [1.29, 1.82) is 0 Å². The van der Waals surface area contributed by atoms with E-state index in [0.29, 0.717) is 22.4 Å². The number of anilines is 1. The van der Waals surface area contributed by atoms with Gasteiger partial charge in [-0.15, -0.1) is 11.8 Å². The number of nitrogens with one attached hydrogen (secondary N) is 1. The topological polar surface area (TPSA) is 54.2 Å². The number of allylic oxidation sites excluding steroid dienone is 1. The van der Waals surface area contributed by atoms with E-state index < -0.39 is 0 Å². The molecule has 1 aliphatic rings. The molecule has 1 aliphatic heterocycles. The number of thioether (sulfide) groups is 1. The quantitative estimate of drug-likeness (QED) is 0.255. The molecule has 0 radical (unpaired) electrons. The Balaban J connectivity index is 1.64. The summed E-state index contributed by atoms with van der Waals surface area (Å²) in [7, 11) is 0. The summed E-state index contributed by atoms with van der Waals surface area (Å²) in [4.78, 5) is 7.77. The fraction of sp³-hybridized carbons (Fsp3) is 0.115. The van der Waals surface area contributed by atoms with E-state index in [9.17, 15) is 4.39 Å². The van der Waals surface area contributed by atoms with Crippen molar-refractivity contribution in [2.24, 2.45) is 0 Å². The van der Waals surface area contributed by atoms with Crippen LogP contribution in [0.15, 0.2) is 94.0 Å². The molecule has 170 valence electrons. The summed E-state index contributed by atoms with van der Waals surface area (Å²) in [6, 6.07) is 24.0. The third-order valence-electron chi connectivity index (χ3n) is 5.69. The van der Waals surface area contributed by atoms with E-state index in [1.54, 1.807) is 23.9 Å². The summed E-state index contributed by atoms with van der Waals surface area (Å²) in [6.07, 6.45) is 2.04. The van der Waals surface area contributed by atoms with Gasteiger partial charge in [-0.1, -0.05) is 47.6 Å². The molecule has 5 nitrogen and oxygen atoms in total. The highest BCUT2D eigenvalue weighted by atomic mass is 32.2. The molecule has 1 unspecified atom stereocenters. The first-order valence-electron chi connectivity index (χ1n) is 10.7. The number of halogens is 1. The Morgan fingerprint density at radius 1 is 1.03 bits per heavy atom. The Bertz CT molecular complexity index is 1370. The number of para-hydroxylation sites is 1. The average Bonchev–Trinajstić information content (AvgIpc) is 3.34. The van der Waals surface area contributed by atoms with Gasteiger partial charge in [0.25, 0.3) is 5.89 Å². The molecule has 8 heteroatoms. The van der Waals surface area contributed by atoms with Crippen molar-refractivity contribution in [2.45, 2.75) is 17.9 Å². The van der Waals surface area contributed by atoms with Crippen LogP contribution in [0.4, 0.5) is 10.1 Å². The van der Waals surface area contributed by atoms with Crippen molar-refractivity contribution in [2.75, 3.05) is 11.2 Å². The van der Waals surface area contributed by atoms with Gasteiger partial charge in [-0.05, 0) is 67.4 Å². The second-order valence-electron chi connectivity index (χ2n) is 7.76. The fourth-order valence-corrected chi connectivity index (χ4v) is 4.80. The summed E-state index contributed by atoms with van der Waals surface area (Å²) in [5.74, 6) is 0.322. The van der Waals surface area contributed by atoms with Gasteiger partial charge in [0.05, 0.1) is 11.6 Å². The van der Waals surface area contributed by atoms with Crippen LogP contribution >= 0.6 is 24.0 Å². The van der Waals surface area contributed by atoms with Gasteiger partial charge in [-0.25, -0.2) is 4.39 Å². The lowest BCUT2D eigenvalue weighted by Crippen LogP contribution is -2.46. The number of rotatable bonds is 5. The first-order chi connectivity index (χ1) is 16.5. The Morgan fingerprint density at radius 3 is 2.50 bits per heavy atom. The zero-order chi connectivity index (χ0) is 23.7. The van der Waals surface area contributed by atoms with Crippen LogP contribution in [0.25, 0.3) is 17.0 Å². The maximum atomic E-state index is 13.8. The van der Waals surface area contributed by atoms with Gasteiger partial charge in [-0.3, -0.25) is 4.90 Å². The van der Waals surface area contributed by atoms with Crippen LogP contribution in [-0.2, 0) is 0 Å². The van der Waals surface area contributed by atoms with E-state index in [-0.39, 0.29) is 11.9 Å². The Hall–Kier alpha value is -3.49. The smallest absolute Gasteiger partial charge is 0.258 e. The summed E-state index contributed by atoms with van der Waals surface area (Å²) in [6.45, 7) is 1.99. The standard InChI is InChI=1S/C26H21FN4OS2/c1-16-22(25-29-24(30-32-25)18-7-6-8-19(27)15-18)23(17-11-13-21(34-2)14-12-17)28-26(33)31(16)20-9-4-3-5-10-20/h3-15,23H,1-2H3,(H,28,33). The van der Waals surface area contributed by atoms with Crippen molar-refractivity contribution in [3.8, 4) is 11.4 Å². The van der Waals surface area contributed by atoms with Crippen molar-refractivity contribution in [1.82, 2.24) is 15.5 Å². The maximum absolute atomic E-state index is 13.8. The van der Waals surface area contributed by atoms with Crippen molar-refractivity contribution < 1.29 is 8.91 Å². The molecule has 0 amide bonds. The molecule has 4 aromatic rings. The molecule has 1 atom stereocenters. The maximum Gasteiger partial charge on any atom is 0.258 e. The molecule has 0 aliphatic carbocycles. The number of hydrogen-bond donors (Lipinski definition) is 1. The molecule has 0 spiro atoms. The number of hydrogen-bond acceptors (Lipinski definition) is 5. The van der Waals surface area contributed by atoms with E-state index in [1.165, 1.54) is 17.0 Å². The second-order valence-corrected chi connectivity index (χ2v) is 9.03. The summed E-state index contributed by atoms with van der Waals surface area (Å²) >= 11 is 7.46. The molecule has 0 saturated carbocycles. The lowest BCUT2D eigenvalue weighted by molar-refractivity contribution is 0.404. The zero-order valence-electron chi connectivity index (χ0n) is 18.5. The van der Waals surface area contributed by atoms with Crippen LogP contribution < -0.4 is 10.2 Å². The van der Waals surface area contributed by atoms with E-state index in [0.717, 1.165) is 22.5 Å². The molecule has 0 fully saturated rings. The number of benzene rings is 3. The predicted octanol–water partition coefficient (Wildman–Crippen LogP) is 6.46. The van der Waals surface area contributed by atoms with Gasteiger partial charge in [0.2, 0.25) is 5.82 Å². The lowest BCUT2D eigenvalue weighted by atomic mass is 9.94. The van der Waals surface area contributed by atoms with Gasteiger partial charge >= 0.3 is 0 Å². The molecule has 3 aromatic carbocycles. The van der Waals surface area contributed by atoms with E-state index in [1.807, 2.05) is 48.4 Å². The van der Waals surface area contributed by atoms with Gasteiger partial charge in [-0.2, -0.15) is 4.98 Å². The molecular formula is C26H21FN4OS2. The number of nitrogens with zero attached hydrogens (tertiary/aromatic N) is 3. The largest absolute Gasteiger partial charge is 0.351 e. The fourth-order valence-electron chi connectivity index (χ4n) is 4.03. The van der Waals surface area contributed by atoms with Crippen LogP contribution in [0.5, 0.6) is 0 Å². The normalized spacial score (nSPS) is 16.0. The van der Waals surface area contributed by atoms with E-state index >= 15 is 0 Å². The summed E-state index contributed by atoms with van der Waals surface area (Å²) < 4.78 is 19.5. The summed E-state index contributed by atoms with van der Waals surface area (Å²) in [5, 5.41) is 8.18. The average molecular weight is 489 g/mol. The first kappa shape index (κ1) is 22.3. The Kier molecular flexibility index (Phi) is 6.17. The molecular weight excluding hydrogens is 467 g/mol. The van der Waals surface area contributed by atoms with Gasteiger partial charge in [0, 0.05) is 21.8 Å². The zero-order valence-corrected chi connectivity index (χ0v) is 20.2. The van der Waals surface area contributed by atoms with Gasteiger partial charge in [0.15, 0.2) is 5.11 Å². The summed E-state index contributed by atoms with van der Waals surface area (Å²) in [5.41, 5.74) is 4.19. The minimum absolute atomic E-state index is 0.288. The number of aromatic nitrogens is 2. The molecule has 0 bridgehead atoms. The van der Waals surface area contributed by atoms with Crippen LogP contribution in [0.2, 0.25) is 0 Å². The second kappa shape index (κ2) is 9.40. The Labute approximate surface area is 206 Å².